The number of halogens is 2. The van der Waals surface area contributed by atoms with Gasteiger partial charge in [0.05, 0.1) is 41.6 Å². The van der Waals surface area contributed by atoms with E-state index in [2.05, 4.69) is 39.9 Å². The summed E-state index contributed by atoms with van der Waals surface area (Å²) in [4.78, 5) is 26.9. The minimum Gasteiger partial charge on any atom is -0.490 e. The molecule has 1 aliphatic rings. The maximum atomic E-state index is 12.5. The van der Waals surface area contributed by atoms with E-state index in [1.165, 1.54) is 7.11 Å². The number of anilines is 1. The van der Waals surface area contributed by atoms with Crippen LogP contribution in [0.25, 0.3) is 0 Å². The number of hydrogen-bond donors (Lipinski definition) is 4. The molecule has 0 radical (unpaired) electrons. The SMILES string of the molecule is CCOc1cc([C@@H]2NC(=O)NC(C)=C2C(=O)OC)ccc1OC[C@H](O)N/N=C/c1ccc(N(CC)CC)cc1OCc1ccc(Cl)c(Cl)c1. The predicted molar refractivity (Wildman–Crippen MR) is 190 cm³/mol. The van der Waals surface area contributed by atoms with Crippen LogP contribution in [0.2, 0.25) is 10.0 Å². The summed E-state index contributed by atoms with van der Waals surface area (Å²) in [5, 5.41) is 21.1. The second-order valence-electron chi connectivity index (χ2n) is 10.8. The van der Waals surface area contributed by atoms with Crippen LogP contribution in [0, 0.1) is 0 Å². The van der Waals surface area contributed by atoms with E-state index in [9.17, 15) is 14.7 Å². The number of urea groups is 1. The second kappa shape index (κ2) is 17.7. The Bertz CT molecular complexity index is 1700. The molecule has 4 rings (SSSR count). The third-order valence-electron chi connectivity index (χ3n) is 7.60. The quantitative estimate of drug-likeness (QED) is 0.0614. The molecule has 49 heavy (non-hydrogen) atoms. The average Bonchev–Trinajstić information content (AvgIpc) is 3.09. The number of aliphatic hydroxyl groups is 1. The number of amides is 2. The number of nitrogens with zero attached hydrogens (tertiary/aromatic N) is 2. The Balaban J connectivity index is 1.45. The number of methoxy groups -OCH3 is 1. The number of ether oxygens (including phenoxy) is 4. The topological polar surface area (TPSA) is 143 Å². The predicted octanol–water partition coefficient (Wildman–Crippen LogP) is 5.94. The van der Waals surface area contributed by atoms with Crippen LogP contribution in [-0.2, 0) is 16.1 Å². The largest absolute Gasteiger partial charge is 0.490 e. The molecular formula is C35H41Cl2N5O7. The monoisotopic (exact) mass is 713 g/mol. The summed E-state index contributed by atoms with van der Waals surface area (Å²) in [6.45, 7) is 9.68. The highest BCUT2D eigenvalue weighted by Gasteiger charge is 2.32. The first kappa shape index (κ1) is 37.2. The Labute approximate surface area is 296 Å². The number of aliphatic hydroxyl groups excluding tert-OH is 1. The van der Waals surface area contributed by atoms with Crippen LogP contribution >= 0.6 is 23.2 Å². The molecule has 262 valence electrons. The molecule has 1 aliphatic heterocycles. The first-order valence-corrected chi connectivity index (χ1v) is 16.5. The highest BCUT2D eigenvalue weighted by atomic mass is 35.5. The molecule has 0 aliphatic carbocycles. The van der Waals surface area contributed by atoms with Gasteiger partial charge in [0.15, 0.2) is 17.7 Å². The maximum Gasteiger partial charge on any atom is 0.337 e. The first-order chi connectivity index (χ1) is 23.6. The number of hydrogen-bond acceptors (Lipinski definition) is 10. The number of carbonyl (C=O) groups is 2. The number of esters is 1. The van der Waals surface area contributed by atoms with Crippen molar-refractivity contribution in [3.63, 3.8) is 0 Å². The zero-order chi connectivity index (χ0) is 35.5. The van der Waals surface area contributed by atoms with E-state index in [0.29, 0.717) is 50.7 Å². The van der Waals surface area contributed by atoms with E-state index in [1.807, 2.05) is 31.2 Å². The summed E-state index contributed by atoms with van der Waals surface area (Å²) in [6, 6.07) is 15.0. The lowest BCUT2D eigenvalue weighted by atomic mass is 9.95. The number of nitrogens with one attached hydrogen (secondary N) is 3. The summed E-state index contributed by atoms with van der Waals surface area (Å²) in [5.74, 6) is 0.731. The summed E-state index contributed by atoms with van der Waals surface area (Å²) < 4.78 is 22.8. The minimum absolute atomic E-state index is 0.172. The van der Waals surface area contributed by atoms with Crippen molar-refractivity contribution in [2.75, 3.05) is 38.3 Å². The minimum atomic E-state index is -1.18. The standard InChI is InChI=1S/C35H41Cl2N5O7/c1-6-42(7-2)25-12-10-24(29(17-25)48-19-22-9-13-26(36)27(37)15-22)18-38-41-31(43)20-49-28-14-11-23(16-30(28)47-8-3)33-32(34(44)46-5)21(4)39-35(45)40-33/h9-18,31,33,41,43H,6-8,19-20H2,1-5H3,(H2,39,40,45)/b38-18+/t31-,33-/m0/s1. The molecule has 12 nitrogen and oxygen atoms in total. The van der Waals surface area contributed by atoms with Crippen molar-refractivity contribution in [3.8, 4) is 17.2 Å². The molecule has 0 saturated heterocycles. The molecule has 4 N–H and O–H groups in total. The number of rotatable bonds is 16. The lowest BCUT2D eigenvalue weighted by molar-refractivity contribution is -0.136. The van der Waals surface area contributed by atoms with Crippen molar-refractivity contribution in [3.05, 3.63) is 92.6 Å². The highest BCUT2D eigenvalue weighted by molar-refractivity contribution is 6.42. The molecule has 0 saturated carbocycles. The Hall–Kier alpha value is -4.65. The van der Waals surface area contributed by atoms with Gasteiger partial charge < -0.3 is 39.6 Å². The van der Waals surface area contributed by atoms with Crippen molar-refractivity contribution in [2.24, 2.45) is 5.10 Å². The molecule has 0 spiro atoms. The van der Waals surface area contributed by atoms with Crippen molar-refractivity contribution in [2.45, 2.75) is 46.6 Å². The van der Waals surface area contributed by atoms with Crippen molar-refractivity contribution in [1.82, 2.24) is 16.1 Å². The summed E-state index contributed by atoms with van der Waals surface area (Å²) in [6.07, 6.45) is 0.378. The molecule has 0 fully saturated rings. The number of allylic oxidation sites excluding steroid dienone is 1. The Morgan fingerprint density at radius 3 is 2.47 bits per heavy atom. The number of benzene rings is 3. The van der Waals surface area contributed by atoms with E-state index in [4.69, 9.17) is 42.1 Å². The summed E-state index contributed by atoms with van der Waals surface area (Å²) in [5.41, 5.74) is 6.45. The summed E-state index contributed by atoms with van der Waals surface area (Å²) in [7, 11) is 1.28. The molecule has 0 unspecified atom stereocenters. The van der Waals surface area contributed by atoms with Crippen molar-refractivity contribution in [1.29, 1.82) is 0 Å². The van der Waals surface area contributed by atoms with Crippen LogP contribution in [0.1, 0.15) is 50.4 Å². The fourth-order valence-corrected chi connectivity index (χ4v) is 5.47. The van der Waals surface area contributed by atoms with E-state index < -0.39 is 24.3 Å². The maximum absolute atomic E-state index is 12.5. The third-order valence-corrected chi connectivity index (χ3v) is 8.34. The fraction of sp³-hybridized carbons (Fsp3) is 0.343. The van der Waals surface area contributed by atoms with Crippen LogP contribution < -0.4 is 35.2 Å². The van der Waals surface area contributed by atoms with Crippen LogP contribution in [0.15, 0.2) is 71.0 Å². The zero-order valence-electron chi connectivity index (χ0n) is 28.0. The Kier molecular flexibility index (Phi) is 13.4. The molecule has 3 aromatic rings. The van der Waals surface area contributed by atoms with Crippen LogP contribution in [-0.4, -0.2) is 63.0 Å². The van der Waals surface area contributed by atoms with E-state index >= 15 is 0 Å². The molecule has 14 heteroatoms. The van der Waals surface area contributed by atoms with Gasteiger partial charge in [0.25, 0.3) is 0 Å². The van der Waals surface area contributed by atoms with E-state index in [-0.39, 0.29) is 18.8 Å². The first-order valence-electron chi connectivity index (χ1n) is 15.8. The zero-order valence-corrected chi connectivity index (χ0v) is 29.5. The van der Waals surface area contributed by atoms with Crippen LogP contribution in [0.4, 0.5) is 10.5 Å². The lowest BCUT2D eigenvalue weighted by Crippen LogP contribution is -2.45. The molecule has 0 aromatic heterocycles. The fourth-order valence-electron chi connectivity index (χ4n) is 5.15. The van der Waals surface area contributed by atoms with Crippen molar-refractivity contribution < 1.29 is 33.6 Å². The van der Waals surface area contributed by atoms with Gasteiger partial charge in [-0.3, -0.25) is 5.43 Å². The van der Waals surface area contributed by atoms with E-state index in [0.717, 1.165) is 24.3 Å². The van der Waals surface area contributed by atoms with Gasteiger partial charge in [-0.1, -0.05) is 35.3 Å². The van der Waals surface area contributed by atoms with Crippen LogP contribution in [0.3, 0.4) is 0 Å². The van der Waals surface area contributed by atoms with Gasteiger partial charge >= 0.3 is 12.0 Å². The molecule has 2 amide bonds. The second-order valence-corrected chi connectivity index (χ2v) is 11.7. The van der Waals surface area contributed by atoms with Gasteiger partial charge in [-0.25, -0.2) is 9.59 Å². The molecule has 0 bridgehead atoms. The smallest absolute Gasteiger partial charge is 0.337 e. The molecular weight excluding hydrogens is 673 g/mol. The van der Waals surface area contributed by atoms with E-state index in [1.54, 1.807) is 43.5 Å². The van der Waals surface area contributed by atoms with Gasteiger partial charge in [-0.15, -0.1) is 0 Å². The molecule has 2 atom stereocenters. The lowest BCUT2D eigenvalue weighted by Gasteiger charge is -2.28. The average molecular weight is 715 g/mol. The summed E-state index contributed by atoms with van der Waals surface area (Å²) >= 11 is 12.3. The Morgan fingerprint density at radius 2 is 1.78 bits per heavy atom. The van der Waals surface area contributed by atoms with Crippen molar-refractivity contribution >= 4 is 47.1 Å². The third kappa shape index (κ3) is 9.71. The van der Waals surface area contributed by atoms with Gasteiger partial charge in [0, 0.05) is 36.1 Å². The number of carbonyl (C=O) groups excluding carboxylic acids is 2. The Morgan fingerprint density at radius 1 is 1.00 bits per heavy atom. The van der Waals surface area contributed by atoms with Gasteiger partial charge in [-0.05, 0) is 75.2 Å². The van der Waals surface area contributed by atoms with Gasteiger partial charge in [0.1, 0.15) is 19.0 Å². The number of hydrazone groups is 1. The normalized spacial score (nSPS) is 14.9. The van der Waals surface area contributed by atoms with Crippen LogP contribution in [0.5, 0.6) is 17.2 Å². The van der Waals surface area contributed by atoms with Gasteiger partial charge in [0.2, 0.25) is 0 Å². The molecule has 1 heterocycles. The van der Waals surface area contributed by atoms with Gasteiger partial charge in [-0.2, -0.15) is 5.10 Å². The molecule has 3 aromatic carbocycles. The highest BCUT2D eigenvalue weighted by Crippen LogP contribution is 2.35.